The Bertz CT molecular complexity index is 1470. The van der Waals surface area contributed by atoms with Crippen molar-refractivity contribution in [2.24, 2.45) is 0 Å². The molecule has 10 heteroatoms. The van der Waals surface area contributed by atoms with E-state index in [1.54, 1.807) is 30.3 Å². The summed E-state index contributed by atoms with van der Waals surface area (Å²) in [5.74, 6) is -3.25. The van der Waals surface area contributed by atoms with Crippen LogP contribution in [-0.2, 0) is 32.0 Å². The first kappa shape index (κ1) is 24.3. The van der Waals surface area contributed by atoms with Gasteiger partial charge in [0.1, 0.15) is 5.82 Å². The van der Waals surface area contributed by atoms with Gasteiger partial charge in [-0.25, -0.2) is 30.0 Å². The van der Waals surface area contributed by atoms with Crippen LogP contribution in [0.5, 0.6) is 0 Å². The molecule has 1 aliphatic rings. The van der Waals surface area contributed by atoms with E-state index in [0.717, 1.165) is 18.4 Å². The molecule has 1 N–H and O–H groups in total. The Morgan fingerprint density at radius 1 is 0.882 bits per heavy atom. The topological polar surface area (TPSA) is 80.3 Å². The van der Waals surface area contributed by atoms with Crippen molar-refractivity contribution in [1.29, 1.82) is 0 Å². The SMILES string of the molecule is CS(=O)(=O)Cc1cccc(-c2ccc(Cc3c(NS(=O)(=O)C4CC4)ccc(F)c3F)c(F)c2)c1. The van der Waals surface area contributed by atoms with Crippen LogP contribution in [0.4, 0.5) is 18.9 Å². The summed E-state index contributed by atoms with van der Waals surface area (Å²) in [5, 5.41) is -0.567. The van der Waals surface area contributed by atoms with Gasteiger partial charge < -0.3 is 0 Å². The molecule has 0 amide bonds. The first-order chi connectivity index (χ1) is 15.9. The van der Waals surface area contributed by atoms with Crippen molar-refractivity contribution in [3.05, 3.63) is 88.7 Å². The highest BCUT2D eigenvalue weighted by atomic mass is 32.2. The van der Waals surface area contributed by atoms with Gasteiger partial charge in [-0.05, 0) is 53.3 Å². The monoisotopic (exact) mass is 509 g/mol. The molecule has 4 rings (SSSR count). The van der Waals surface area contributed by atoms with E-state index in [1.165, 1.54) is 12.1 Å². The molecule has 0 spiro atoms. The number of sulfonamides is 1. The minimum atomic E-state index is -3.73. The summed E-state index contributed by atoms with van der Waals surface area (Å²) < 4.78 is 93.6. The van der Waals surface area contributed by atoms with E-state index in [4.69, 9.17) is 0 Å². The highest BCUT2D eigenvalue weighted by molar-refractivity contribution is 7.93. The van der Waals surface area contributed by atoms with Gasteiger partial charge in [0.05, 0.1) is 16.7 Å². The third kappa shape index (κ3) is 5.61. The molecule has 3 aromatic rings. The molecule has 1 fully saturated rings. The van der Waals surface area contributed by atoms with E-state index in [9.17, 15) is 30.0 Å². The normalized spacial score (nSPS) is 14.2. The van der Waals surface area contributed by atoms with E-state index in [0.29, 0.717) is 29.5 Å². The van der Waals surface area contributed by atoms with Crippen LogP contribution in [0.2, 0.25) is 0 Å². The van der Waals surface area contributed by atoms with Crippen molar-refractivity contribution in [1.82, 2.24) is 0 Å². The second-order valence-corrected chi connectivity index (χ2v) is 12.6. The van der Waals surface area contributed by atoms with Crippen molar-refractivity contribution in [2.45, 2.75) is 30.3 Å². The molecule has 1 saturated carbocycles. The van der Waals surface area contributed by atoms with Gasteiger partial charge in [0.2, 0.25) is 10.0 Å². The summed E-state index contributed by atoms with van der Waals surface area (Å²) in [4.78, 5) is 0. The molecule has 0 heterocycles. The first-order valence-corrected chi connectivity index (χ1v) is 14.1. The Kier molecular flexibility index (Phi) is 6.48. The van der Waals surface area contributed by atoms with Gasteiger partial charge in [0.25, 0.3) is 0 Å². The number of nitrogens with one attached hydrogen (secondary N) is 1. The summed E-state index contributed by atoms with van der Waals surface area (Å²) >= 11 is 0. The van der Waals surface area contributed by atoms with Gasteiger partial charge in [-0.1, -0.05) is 36.4 Å². The molecule has 34 heavy (non-hydrogen) atoms. The van der Waals surface area contributed by atoms with Gasteiger partial charge in [0, 0.05) is 18.2 Å². The van der Waals surface area contributed by atoms with Crippen molar-refractivity contribution in [3.8, 4) is 11.1 Å². The van der Waals surface area contributed by atoms with Crippen LogP contribution in [0.25, 0.3) is 11.1 Å². The molecule has 180 valence electrons. The third-order valence-electron chi connectivity index (χ3n) is 5.52. The van der Waals surface area contributed by atoms with Crippen molar-refractivity contribution >= 4 is 25.5 Å². The van der Waals surface area contributed by atoms with Crippen molar-refractivity contribution in [3.63, 3.8) is 0 Å². The molecule has 1 aliphatic carbocycles. The Morgan fingerprint density at radius 2 is 1.59 bits per heavy atom. The molecule has 0 saturated heterocycles. The van der Waals surface area contributed by atoms with E-state index < -0.39 is 42.6 Å². The molecule has 0 unspecified atom stereocenters. The zero-order chi connectivity index (χ0) is 24.7. The number of hydrogen-bond donors (Lipinski definition) is 1. The predicted molar refractivity (Wildman–Crippen MR) is 125 cm³/mol. The maximum absolute atomic E-state index is 15.0. The molecule has 0 aliphatic heterocycles. The van der Waals surface area contributed by atoms with Gasteiger partial charge in [0.15, 0.2) is 21.5 Å². The van der Waals surface area contributed by atoms with Crippen LogP contribution in [-0.4, -0.2) is 28.3 Å². The van der Waals surface area contributed by atoms with Gasteiger partial charge >= 0.3 is 0 Å². The van der Waals surface area contributed by atoms with E-state index >= 15 is 0 Å². The standard InChI is InChI=1S/C24H22F3NO4S2/c1-33(29,30)14-15-3-2-4-16(11-15)17-5-6-18(22(26)13-17)12-20-23(10-9-21(25)24(20)27)28-34(31,32)19-7-8-19/h2-6,9-11,13,19,28H,7-8,12,14H2,1H3. The summed E-state index contributed by atoms with van der Waals surface area (Å²) in [6.45, 7) is 0. The molecule has 3 aromatic carbocycles. The van der Waals surface area contributed by atoms with E-state index in [-0.39, 0.29) is 29.0 Å². The van der Waals surface area contributed by atoms with Gasteiger partial charge in [-0.2, -0.15) is 0 Å². The van der Waals surface area contributed by atoms with Crippen molar-refractivity contribution in [2.75, 3.05) is 11.0 Å². The quantitative estimate of drug-likeness (QED) is 0.473. The molecule has 0 radical (unpaired) electrons. The maximum Gasteiger partial charge on any atom is 0.235 e. The second kappa shape index (κ2) is 9.07. The molecular weight excluding hydrogens is 487 g/mol. The fourth-order valence-electron chi connectivity index (χ4n) is 3.68. The summed E-state index contributed by atoms with van der Waals surface area (Å²) in [6, 6.07) is 12.9. The Labute approximate surface area is 196 Å². The largest absolute Gasteiger partial charge is 0.283 e. The van der Waals surface area contributed by atoms with Crippen LogP contribution in [0.15, 0.2) is 54.6 Å². The lowest BCUT2D eigenvalue weighted by Crippen LogP contribution is -2.19. The lowest BCUT2D eigenvalue weighted by molar-refractivity contribution is 0.500. The fraction of sp³-hybridized carbons (Fsp3) is 0.250. The average molecular weight is 510 g/mol. The number of halogens is 3. The minimum absolute atomic E-state index is 0.0485. The van der Waals surface area contributed by atoms with E-state index in [2.05, 4.69) is 4.72 Å². The summed E-state index contributed by atoms with van der Waals surface area (Å²) in [5.41, 5.74) is 1.27. The highest BCUT2D eigenvalue weighted by Crippen LogP contribution is 2.33. The van der Waals surface area contributed by atoms with Crippen LogP contribution < -0.4 is 4.72 Å². The Hall–Kier alpha value is -2.85. The number of hydrogen-bond acceptors (Lipinski definition) is 4. The zero-order valence-electron chi connectivity index (χ0n) is 18.2. The average Bonchev–Trinajstić information content (AvgIpc) is 3.59. The lowest BCUT2D eigenvalue weighted by Gasteiger charge is -2.15. The molecule has 0 atom stereocenters. The fourth-order valence-corrected chi connectivity index (χ4v) is 5.89. The van der Waals surface area contributed by atoms with Crippen LogP contribution in [0, 0.1) is 17.5 Å². The number of benzene rings is 3. The number of sulfone groups is 1. The smallest absolute Gasteiger partial charge is 0.235 e. The van der Waals surface area contributed by atoms with Gasteiger partial charge in [-0.15, -0.1) is 0 Å². The highest BCUT2D eigenvalue weighted by Gasteiger charge is 2.36. The van der Waals surface area contributed by atoms with E-state index in [1.807, 2.05) is 0 Å². The van der Waals surface area contributed by atoms with Crippen LogP contribution in [0.1, 0.15) is 29.5 Å². The molecular formula is C24H22F3NO4S2. The third-order valence-corrected chi connectivity index (χ3v) is 8.23. The van der Waals surface area contributed by atoms with Crippen molar-refractivity contribution < 1.29 is 30.0 Å². The molecule has 0 aromatic heterocycles. The summed E-state index contributed by atoms with van der Waals surface area (Å²) in [7, 11) is -6.97. The van der Waals surface area contributed by atoms with Crippen LogP contribution >= 0.6 is 0 Å². The predicted octanol–water partition coefficient (Wildman–Crippen LogP) is 4.81. The minimum Gasteiger partial charge on any atom is -0.283 e. The number of anilines is 1. The Morgan fingerprint density at radius 3 is 2.24 bits per heavy atom. The van der Waals surface area contributed by atoms with Crippen LogP contribution in [0.3, 0.4) is 0 Å². The first-order valence-electron chi connectivity index (χ1n) is 10.5. The second-order valence-electron chi connectivity index (χ2n) is 8.49. The lowest BCUT2D eigenvalue weighted by atomic mass is 9.98. The molecule has 5 nitrogen and oxygen atoms in total. The molecule has 0 bridgehead atoms. The van der Waals surface area contributed by atoms with Gasteiger partial charge in [-0.3, -0.25) is 4.72 Å². The Balaban J connectivity index is 1.64. The maximum atomic E-state index is 15.0. The zero-order valence-corrected chi connectivity index (χ0v) is 19.8. The summed E-state index contributed by atoms with van der Waals surface area (Å²) in [6.07, 6.45) is 1.75. The number of rotatable bonds is 8.